The molecule has 0 aliphatic carbocycles. The fourth-order valence-corrected chi connectivity index (χ4v) is 4.45. The molecule has 0 saturated carbocycles. The minimum absolute atomic E-state index is 0.0722. The van der Waals surface area contributed by atoms with E-state index in [0.717, 1.165) is 49.0 Å². The van der Waals surface area contributed by atoms with Gasteiger partial charge in [0.25, 0.3) is 5.91 Å². The fourth-order valence-electron chi connectivity index (χ4n) is 4.45. The minimum atomic E-state index is -4.41. The van der Waals surface area contributed by atoms with Gasteiger partial charge < -0.3 is 25.2 Å². The molecule has 2 aromatic rings. The van der Waals surface area contributed by atoms with Crippen molar-refractivity contribution in [3.8, 4) is 11.5 Å². The van der Waals surface area contributed by atoms with E-state index < -0.39 is 18.7 Å². The van der Waals surface area contributed by atoms with E-state index in [4.69, 9.17) is 20.3 Å². The number of primary amides is 1. The number of aliphatic hydroxyl groups is 1. The highest BCUT2D eigenvalue weighted by Crippen LogP contribution is 2.34. The Kier molecular flexibility index (Phi) is 9.26. The summed E-state index contributed by atoms with van der Waals surface area (Å²) in [5.41, 5.74) is 9.27. The average Bonchev–Trinajstić information content (AvgIpc) is 3.21. The van der Waals surface area contributed by atoms with Crippen LogP contribution in [0.1, 0.15) is 47.7 Å². The second-order valence-corrected chi connectivity index (χ2v) is 8.98. The Morgan fingerprint density at radius 1 is 1.17 bits per heavy atom. The zero-order valence-electron chi connectivity index (χ0n) is 19.9. The van der Waals surface area contributed by atoms with Crippen LogP contribution >= 0.6 is 0 Å². The van der Waals surface area contributed by atoms with E-state index in [1.54, 1.807) is 18.2 Å². The summed E-state index contributed by atoms with van der Waals surface area (Å²) < 4.78 is 47.9. The standard InChI is InChI=1S/C26H33F3N2O4/c1-18(6-4-13-34-22-7-2-3-8-23(22)35-17-26(27,28)29)14-19-15-20-9-11-31(10-5-12-32)24(20)21(16-19)25(30)33/h2-3,7-8,15-16,18,32H,4-6,9-14,17H2,1H3,(H2,30,33)/t18-/m0/s1. The number of carbonyl (C=O) groups is 1. The second-order valence-electron chi connectivity index (χ2n) is 8.98. The molecule has 2 aromatic carbocycles. The lowest BCUT2D eigenvalue weighted by Gasteiger charge is -2.22. The van der Waals surface area contributed by atoms with Crippen molar-refractivity contribution < 1.29 is 32.5 Å². The van der Waals surface area contributed by atoms with Crippen molar-refractivity contribution in [2.75, 3.05) is 37.8 Å². The molecule has 1 aliphatic heterocycles. The third-order valence-corrected chi connectivity index (χ3v) is 5.99. The van der Waals surface area contributed by atoms with Gasteiger partial charge in [-0.25, -0.2) is 0 Å². The summed E-state index contributed by atoms with van der Waals surface area (Å²) in [5.74, 6) is 0.218. The first-order chi connectivity index (χ1) is 16.7. The maximum Gasteiger partial charge on any atom is 0.422 e. The monoisotopic (exact) mass is 494 g/mol. The number of para-hydroxylation sites is 2. The summed E-state index contributed by atoms with van der Waals surface area (Å²) >= 11 is 0. The Morgan fingerprint density at radius 2 is 1.89 bits per heavy atom. The number of hydrogen-bond acceptors (Lipinski definition) is 5. The van der Waals surface area contributed by atoms with E-state index in [9.17, 15) is 18.0 Å². The van der Waals surface area contributed by atoms with Gasteiger partial charge in [-0.05, 0) is 67.3 Å². The first-order valence-electron chi connectivity index (χ1n) is 11.9. The first-order valence-corrected chi connectivity index (χ1v) is 11.9. The number of ether oxygens (including phenoxy) is 2. The number of nitrogens with two attached hydrogens (primary N) is 1. The van der Waals surface area contributed by atoms with Crippen LogP contribution in [-0.2, 0) is 12.8 Å². The summed E-state index contributed by atoms with van der Waals surface area (Å²) in [4.78, 5) is 14.3. The smallest absolute Gasteiger partial charge is 0.422 e. The van der Waals surface area contributed by atoms with Crippen LogP contribution in [0.15, 0.2) is 36.4 Å². The van der Waals surface area contributed by atoms with E-state index >= 15 is 0 Å². The number of fused-ring (bicyclic) bond motifs is 1. The molecule has 35 heavy (non-hydrogen) atoms. The van der Waals surface area contributed by atoms with Gasteiger partial charge in [-0.15, -0.1) is 0 Å². The number of benzene rings is 2. The van der Waals surface area contributed by atoms with Gasteiger partial charge in [-0.2, -0.15) is 13.2 Å². The lowest BCUT2D eigenvalue weighted by molar-refractivity contribution is -0.153. The highest BCUT2D eigenvalue weighted by atomic mass is 19.4. The molecule has 0 saturated heterocycles. The van der Waals surface area contributed by atoms with Crippen LogP contribution in [0, 0.1) is 5.92 Å². The normalized spacial score (nSPS) is 14.0. The first kappa shape index (κ1) is 26.7. The average molecular weight is 495 g/mol. The topological polar surface area (TPSA) is 85.0 Å². The lowest BCUT2D eigenvalue weighted by atomic mass is 9.93. The number of amides is 1. The van der Waals surface area contributed by atoms with E-state index in [1.165, 1.54) is 6.07 Å². The van der Waals surface area contributed by atoms with Gasteiger partial charge in [0.2, 0.25) is 0 Å². The number of rotatable bonds is 13. The van der Waals surface area contributed by atoms with Gasteiger partial charge >= 0.3 is 6.18 Å². The van der Waals surface area contributed by atoms with Crippen LogP contribution in [0.5, 0.6) is 11.5 Å². The van der Waals surface area contributed by atoms with Gasteiger partial charge in [-0.1, -0.05) is 25.1 Å². The van der Waals surface area contributed by atoms with Crippen molar-refractivity contribution in [3.63, 3.8) is 0 Å². The van der Waals surface area contributed by atoms with Crippen LogP contribution < -0.4 is 20.1 Å². The summed E-state index contributed by atoms with van der Waals surface area (Å²) in [6.07, 6.45) is -0.597. The van der Waals surface area contributed by atoms with Crippen LogP contribution in [0.25, 0.3) is 0 Å². The van der Waals surface area contributed by atoms with Crippen LogP contribution in [0.4, 0.5) is 18.9 Å². The molecule has 0 fully saturated rings. The number of nitrogens with zero attached hydrogens (tertiary/aromatic N) is 1. The molecule has 1 aliphatic rings. The molecule has 0 unspecified atom stereocenters. The SMILES string of the molecule is C[C@@H](CCCOc1ccccc1OCC(F)(F)F)Cc1cc2c(c(C(N)=O)c1)N(CCCO)CC2. The molecule has 0 spiro atoms. The van der Waals surface area contributed by atoms with Gasteiger partial charge in [-0.3, -0.25) is 4.79 Å². The predicted molar refractivity (Wildman–Crippen MR) is 128 cm³/mol. The molecular formula is C26H33F3N2O4. The summed E-state index contributed by atoms with van der Waals surface area (Å²) in [6, 6.07) is 10.4. The molecule has 0 aromatic heterocycles. The van der Waals surface area contributed by atoms with Crippen LogP contribution in [0.2, 0.25) is 0 Å². The summed E-state index contributed by atoms with van der Waals surface area (Å²) in [6.45, 7) is 2.70. The van der Waals surface area contributed by atoms with E-state index in [1.807, 2.05) is 6.07 Å². The highest BCUT2D eigenvalue weighted by molar-refractivity contribution is 6.00. The van der Waals surface area contributed by atoms with E-state index in [0.29, 0.717) is 36.8 Å². The second kappa shape index (κ2) is 12.2. The number of alkyl halides is 3. The number of aliphatic hydroxyl groups excluding tert-OH is 1. The molecule has 3 N–H and O–H groups in total. The molecule has 0 bridgehead atoms. The van der Waals surface area contributed by atoms with E-state index in [2.05, 4.69) is 17.9 Å². The minimum Gasteiger partial charge on any atom is -0.490 e. The summed E-state index contributed by atoms with van der Waals surface area (Å²) in [5, 5.41) is 9.14. The third kappa shape index (κ3) is 7.78. The Morgan fingerprint density at radius 3 is 2.54 bits per heavy atom. The number of anilines is 1. The van der Waals surface area contributed by atoms with Gasteiger partial charge in [0.15, 0.2) is 18.1 Å². The summed E-state index contributed by atoms with van der Waals surface area (Å²) in [7, 11) is 0. The van der Waals surface area contributed by atoms with Crippen LogP contribution in [0.3, 0.4) is 0 Å². The molecule has 6 nitrogen and oxygen atoms in total. The maximum absolute atomic E-state index is 12.5. The zero-order chi connectivity index (χ0) is 25.4. The van der Waals surface area contributed by atoms with Gasteiger partial charge in [0, 0.05) is 19.7 Å². The Hall–Kier alpha value is -2.94. The Labute approximate surface area is 203 Å². The number of hydrogen-bond donors (Lipinski definition) is 2. The highest BCUT2D eigenvalue weighted by Gasteiger charge is 2.29. The van der Waals surface area contributed by atoms with Crippen molar-refractivity contribution in [1.82, 2.24) is 0 Å². The largest absolute Gasteiger partial charge is 0.490 e. The number of halogens is 3. The van der Waals surface area contributed by atoms with Crippen molar-refractivity contribution in [1.29, 1.82) is 0 Å². The molecule has 0 radical (unpaired) electrons. The molecular weight excluding hydrogens is 461 g/mol. The van der Waals surface area contributed by atoms with Gasteiger partial charge in [0.05, 0.1) is 17.9 Å². The fraction of sp³-hybridized carbons (Fsp3) is 0.500. The molecule has 192 valence electrons. The third-order valence-electron chi connectivity index (χ3n) is 5.99. The van der Waals surface area contributed by atoms with Crippen molar-refractivity contribution >= 4 is 11.6 Å². The van der Waals surface area contributed by atoms with Gasteiger partial charge in [0.1, 0.15) is 0 Å². The van der Waals surface area contributed by atoms with E-state index in [-0.39, 0.29) is 12.4 Å². The predicted octanol–water partition coefficient (Wildman–Crippen LogP) is 4.51. The quantitative estimate of drug-likeness (QED) is 0.401. The Bertz CT molecular complexity index is 997. The zero-order valence-corrected chi connectivity index (χ0v) is 19.9. The molecule has 3 rings (SSSR count). The van der Waals surface area contributed by atoms with Crippen molar-refractivity contribution in [2.24, 2.45) is 11.7 Å². The maximum atomic E-state index is 12.5. The molecule has 1 heterocycles. The number of carbonyl (C=O) groups excluding carboxylic acids is 1. The molecule has 1 amide bonds. The van der Waals surface area contributed by atoms with Crippen LogP contribution in [-0.4, -0.2) is 50.1 Å². The van der Waals surface area contributed by atoms with Crippen molar-refractivity contribution in [2.45, 2.75) is 45.2 Å². The Balaban J connectivity index is 1.53. The molecule has 1 atom stereocenters. The lowest BCUT2D eigenvalue weighted by Crippen LogP contribution is -2.25. The van der Waals surface area contributed by atoms with Crippen molar-refractivity contribution in [3.05, 3.63) is 53.1 Å². The molecule has 9 heteroatoms.